The molecule has 1 fully saturated rings. The minimum absolute atomic E-state index is 0.0824. The molecule has 4 nitrogen and oxygen atoms in total. The van der Waals surface area contributed by atoms with Crippen molar-refractivity contribution in [1.82, 2.24) is 4.90 Å². The molecule has 1 unspecified atom stereocenters. The fourth-order valence-electron chi connectivity index (χ4n) is 2.17. The van der Waals surface area contributed by atoms with Crippen LogP contribution < -0.4 is 5.73 Å². The first-order valence-electron chi connectivity index (χ1n) is 5.86. The Labute approximate surface area is 122 Å². The summed E-state index contributed by atoms with van der Waals surface area (Å²) in [5.74, 6) is 0.530. The van der Waals surface area contributed by atoms with E-state index in [4.69, 9.17) is 5.73 Å². The molecule has 100 valence electrons. The monoisotopic (exact) mass is 380 g/mol. The highest BCUT2D eigenvalue weighted by atomic mass is 127. The summed E-state index contributed by atoms with van der Waals surface area (Å²) >= 11 is 2.22. The number of hydrogen-bond acceptors (Lipinski definition) is 4. The van der Waals surface area contributed by atoms with E-state index in [1.54, 1.807) is 0 Å². The van der Waals surface area contributed by atoms with Gasteiger partial charge in [-0.1, -0.05) is 6.07 Å². The molecule has 1 atom stereocenters. The Balaban J connectivity index is 2.08. The molecule has 1 heterocycles. The van der Waals surface area contributed by atoms with Crippen LogP contribution in [0.2, 0.25) is 0 Å². The maximum atomic E-state index is 11.5. The van der Waals surface area contributed by atoms with E-state index in [1.807, 2.05) is 19.1 Å². The topological polar surface area (TPSA) is 63.4 Å². The summed E-state index contributed by atoms with van der Waals surface area (Å²) in [6.45, 7) is 3.37. The summed E-state index contributed by atoms with van der Waals surface area (Å²) in [5.41, 5.74) is 7.75. The lowest BCUT2D eigenvalue weighted by molar-refractivity contribution is 0.218. The second kappa shape index (κ2) is 5.34. The van der Waals surface area contributed by atoms with Gasteiger partial charge in [-0.3, -0.25) is 4.90 Å². The predicted octanol–water partition coefficient (Wildman–Crippen LogP) is 1.49. The van der Waals surface area contributed by atoms with Gasteiger partial charge >= 0.3 is 0 Å². The normalized spacial score (nSPS) is 24.0. The lowest BCUT2D eigenvalue weighted by Crippen LogP contribution is -2.46. The fourth-order valence-corrected chi connectivity index (χ4v) is 4.38. The largest absolute Gasteiger partial charge is 0.398 e. The van der Waals surface area contributed by atoms with Crippen LogP contribution in [0.4, 0.5) is 5.69 Å². The van der Waals surface area contributed by atoms with Gasteiger partial charge in [0.15, 0.2) is 9.84 Å². The van der Waals surface area contributed by atoms with Crippen LogP contribution in [-0.2, 0) is 16.4 Å². The lowest BCUT2D eigenvalue weighted by Gasteiger charge is -2.33. The van der Waals surface area contributed by atoms with Crippen LogP contribution in [0.1, 0.15) is 12.5 Å². The Kier molecular flexibility index (Phi) is 4.18. The molecule has 0 saturated carbocycles. The number of benzene rings is 1. The number of halogens is 1. The van der Waals surface area contributed by atoms with Gasteiger partial charge in [0, 0.05) is 28.4 Å². The zero-order valence-electron chi connectivity index (χ0n) is 10.3. The predicted molar refractivity (Wildman–Crippen MR) is 82.1 cm³/mol. The summed E-state index contributed by atoms with van der Waals surface area (Å²) < 4.78 is 24.1. The summed E-state index contributed by atoms with van der Waals surface area (Å²) in [6, 6.07) is 6.06. The van der Waals surface area contributed by atoms with E-state index < -0.39 is 9.84 Å². The van der Waals surface area contributed by atoms with Crippen LogP contribution in [0.25, 0.3) is 0 Å². The second-order valence-corrected chi connectivity index (χ2v) is 8.18. The molecule has 0 radical (unpaired) electrons. The number of nitrogen functional groups attached to an aromatic ring is 1. The molecule has 1 aliphatic rings. The molecule has 2 N–H and O–H groups in total. The standard InChI is InChI=1S/C12H17IN2O2S/c1-9-8-18(16,17)5-4-15(9)7-10-2-3-12(14)11(13)6-10/h2-3,6,9H,4-5,7-8,14H2,1H3. The molecule has 6 heteroatoms. The highest BCUT2D eigenvalue weighted by molar-refractivity contribution is 14.1. The minimum atomic E-state index is -2.84. The fraction of sp³-hybridized carbons (Fsp3) is 0.500. The van der Waals surface area contributed by atoms with Crippen LogP contribution in [0.15, 0.2) is 18.2 Å². The van der Waals surface area contributed by atoms with Gasteiger partial charge in [0.1, 0.15) is 0 Å². The van der Waals surface area contributed by atoms with E-state index in [0.717, 1.165) is 15.8 Å². The van der Waals surface area contributed by atoms with Gasteiger partial charge in [0.2, 0.25) is 0 Å². The third kappa shape index (κ3) is 3.36. The molecular weight excluding hydrogens is 363 g/mol. The quantitative estimate of drug-likeness (QED) is 0.624. The van der Waals surface area contributed by atoms with Gasteiger partial charge in [-0.2, -0.15) is 0 Å². The Bertz CT molecular complexity index is 545. The number of hydrogen-bond donors (Lipinski definition) is 1. The van der Waals surface area contributed by atoms with Crippen molar-refractivity contribution in [2.75, 3.05) is 23.8 Å². The third-order valence-electron chi connectivity index (χ3n) is 3.26. The van der Waals surface area contributed by atoms with Crippen molar-refractivity contribution in [2.45, 2.75) is 19.5 Å². The van der Waals surface area contributed by atoms with Gasteiger partial charge in [0.25, 0.3) is 0 Å². The van der Waals surface area contributed by atoms with E-state index >= 15 is 0 Å². The molecule has 18 heavy (non-hydrogen) atoms. The van der Waals surface area contributed by atoms with Crippen LogP contribution in [0, 0.1) is 3.57 Å². The number of nitrogens with two attached hydrogens (primary N) is 1. The van der Waals surface area contributed by atoms with Crippen LogP contribution in [-0.4, -0.2) is 37.4 Å². The molecular formula is C12H17IN2O2S. The molecule has 0 amide bonds. The molecule has 1 aliphatic heterocycles. The van der Waals surface area contributed by atoms with E-state index in [9.17, 15) is 8.42 Å². The van der Waals surface area contributed by atoms with Crippen LogP contribution >= 0.6 is 22.6 Å². The molecule has 1 aromatic rings. The maximum Gasteiger partial charge on any atom is 0.153 e. The van der Waals surface area contributed by atoms with Crippen molar-refractivity contribution in [3.05, 3.63) is 27.3 Å². The number of sulfone groups is 1. The van der Waals surface area contributed by atoms with Crippen molar-refractivity contribution >= 4 is 38.1 Å². The average molecular weight is 380 g/mol. The SMILES string of the molecule is CC1CS(=O)(=O)CCN1Cc1ccc(N)c(I)c1. The number of anilines is 1. The van der Waals surface area contributed by atoms with E-state index in [0.29, 0.717) is 6.54 Å². The highest BCUT2D eigenvalue weighted by Gasteiger charge is 2.27. The first-order valence-corrected chi connectivity index (χ1v) is 8.76. The minimum Gasteiger partial charge on any atom is -0.398 e. The van der Waals surface area contributed by atoms with Gasteiger partial charge in [-0.15, -0.1) is 0 Å². The summed E-state index contributed by atoms with van der Waals surface area (Å²) in [6.07, 6.45) is 0. The first kappa shape index (κ1) is 14.1. The molecule has 0 bridgehead atoms. The summed E-state index contributed by atoms with van der Waals surface area (Å²) in [4.78, 5) is 2.21. The lowest BCUT2D eigenvalue weighted by atomic mass is 10.1. The zero-order chi connectivity index (χ0) is 13.3. The smallest absolute Gasteiger partial charge is 0.153 e. The van der Waals surface area contributed by atoms with E-state index in [1.165, 1.54) is 5.56 Å². The highest BCUT2D eigenvalue weighted by Crippen LogP contribution is 2.20. The molecule has 1 aromatic carbocycles. The molecule has 2 rings (SSSR count). The molecule has 0 aliphatic carbocycles. The third-order valence-corrected chi connectivity index (χ3v) is 5.99. The van der Waals surface area contributed by atoms with Crippen molar-refractivity contribution < 1.29 is 8.42 Å². The van der Waals surface area contributed by atoms with Crippen molar-refractivity contribution in [1.29, 1.82) is 0 Å². The first-order chi connectivity index (χ1) is 8.37. The number of rotatable bonds is 2. The summed E-state index contributed by atoms with van der Waals surface area (Å²) in [7, 11) is -2.84. The Morgan fingerprint density at radius 3 is 2.83 bits per heavy atom. The van der Waals surface area contributed by atoms with Crippen molar-refractivity contribution in [3.8, 4) is 0 Å². The summed E-state index contributed by atoms with van der Waals surface area (Å²) in [5, 5.41) is 0. The number of nitrogens with zero attached hydrogens (tertiary/aromatic N) is 1. The van der Waals surface area contributed by atoms with Gasteiger partial charge in [-0.25, -0.2) is 8.42 Å². The molecule has 1 saturated heterocycles. The molecule has 0 aromatic heterocycles. The van der Waals surface area contributed by atoms with Crippen molar-refractivity contribution in [2.24, 2.45) is 0 Å². The Hall–Kier alpha value is -0.340. The Morgan fingerprint density at radius 2 is 2.22 bits per heavy atom. The van der Waals surface area contributed by atoms with Gasteiger partial charge in [-0.05, 0) is 47.2 Å². The van der Waals surface area contributed by atoms with E-state index in [-0.39, 0.29) is 17.5 Å². The second-order valence-electron chi connectivity index (χ2n) is 4.79. The van der Waals surface area contributed by atoms with Crippen LogP contribution in [0.3, 0.4) is 0 Å². The molecule has 0 spiro atoms. The van der Waals surface area contributed by atoms with E-state index in [2.05, 4.69) is 33.6 Å². The maximum absolute atomic E-state index is 11.5. The van der Waals surface area contributed by atoms with Gasteiger partial charge < -0.3 is 5.73 Å². The van der Waals surface area contributed by atoms with Crippen LogP contribution in [0.5, 0.6) is 0 Å². The average Bonchev–Trinajstić information content (AvgIpc) is 2.27. The Morgan fingerprint density at radius 1 is 1.50 bits per heavy atom. The van der Waals surface area contributed by atoms with Crippen molar-refractivity contribution in [3.63, 3.8) is 0 Å². The van der Waals surface area contributed by atoms with Gasteiger partial charge in [0.05, 0.1) is 11.5 Å². The zero-order valence-corrected chi connectivity index (χ0v) is 13.2.